The normalized spacial score (nSPS) is 15.7. The first-order chi connectivity index (χ1) is 20.4. The Hall–Kier alpha value is -4.44. The van der Waals surface area contributed by atoms with Gasteiger partial charge >= 0.3 is 5.69 Å². The molecular weight excluding hydrogens is 561 g/mol. The van der Waals surface area contributed by atoms with E-state index in [2.05, 4.69) is 16.5 Å². The molecule has 1 aliphatic heterocycles. The molecule has 0 unspecified atom stereocenters. The quantitative estimate of drug-likeness (QED) is 0.175. The Morgan fingerprint density at radius 3 is 2.71 bits per heavy atom. The van der Waals surface area contributed by atoms with E-state index in [1.807, 2.05) is 32.6 Å². The Balaban J connectivity index is 1.86. The molecular formula is C31H30ClFN6O3. The second-order valence-corrected chi connectivity index (χ2v) is 11.0. The zero-order chi connectivity index (χ0) is 31.2. The molecule has 0 aliphatic carbocycles. The molecule has 0 radical (unpaired) electrons. The molecule has 0 N–H and O–H groups in total. The third-order valence-electron chi connectivity index (χ3n) is 7.47. The predicted molar refractivity (Wildman–Crippen MR) is 161 cm³/mol. The van der Waals surface area contributed by atoms with Crippen LogP contribution in [-0.4, -0.2) is 62.3 Å². The SMILES string of the molecule is [2H]C(=O)c1cccc(F)c1-c1nc2c(cc1Cl)c(N1CCN(C(=[18O])C=C)C[C@@H]1C)nc(=O)n2-c1c(C)ccnc1C(C)C. The summed E-state index contributed by atoms with van der Waals surface area (Å²) in [4.78, 5) is 55.9. The van der Waals surface area contributed by atoms with Crippen LogP contribution in [0.1, 0.15) is 49.7 Å². The number of aromatic nitrogens is 4. The first kappa shape index (κ1) is 27.7. The standard InChI is InChI=1S/C31H30ClFN6O3/c1-6-24(41)37-12-13-38(19(5)15-37)29-21-14-22(32)27(25-20(16-40)8-7-9-23(25)33)35-30(21)39(31(42)36-29)28-18(4)10-11-34-26(28)17(2)3/h6-11,14,16-17,19H,1,12-13,15H2,2-5H3/t19-/m0/s1/i16D,41+2. The molecule has 1 aromatic carbocycles. The van der Waals surface area contributed by atoms with Gasteiger partial charge in [-0.2, -0.15) is 4.98 Å². The largest absolute Gasteiger partial charge is 0.355 e. The van der Waals surface area contributed by atoms with E-state index < -0.39 is 17.8 Å². The number of amides is 1. The van der Waals surface area contributed by atoms with E-state index in [-0.39, 0.29) is 45.4 Å². The first-order valence-electron chi connectivity index (χ1n) is 14.0. The topological polar surface area (TPSA) is 101 Å². The summed E-state index contributed by atoms with van der Waals surface area (Å²) < 4.78 is 24.4. The van der Waals surface area contributed by atoms with Crippen molar-refractivity contribution in [1.82, 2.24) is 24.4 Å². The highest BCUT2D eigenvalue weighted by Crippen LogP contribution is 2.37. The number of nitrogens with zero attached hydrogens (tertiary/aromatic N) is 6. The third kappa shape index (κ3) is 4.96. The fraction of sp³-hybridized carbons (Fsp3) is 0.290. The monoisotopic (exact) mass is 591 g/mol. The lowest BCUT2D eigenvalue weighted by Gasteiger charge is -2.40. The minimum absolute atomic E-state index is 0.00784. The molecule has 1 aliphatic rings. The van der Waals surface area contributed by atoms with Crippen LogP contribution in [0.4, 0.5) is 10.2 Å². The van der Waals surface area contributed by atoms with E-state index in [4.69, 9.17) is 18.0 Å². The van der Waals surface area contributed by atoms with Gasteiger partial charge in [-0.15, -0.1) is 0 Å². The van der Waals surface area contributed by atoms with Crippen LogP contribution in [0.15, 0.2) is 54.0 Å². The molecule has 1 saturated heterocycles. The van der Waals surface area contributed by atoms with E-state index in [9.17, 15) is 14.4 Å². The number of halogens is 2. The van der Waals surface area contributed by atoms with Gasteiger partial charge < -0.3 is 9.80 Å². The van der Waals surface area contributed by atoms with Crippen molar-refractivity contribution in [2.24, 2.45) is 0 Å². The van der Waals surface area contributed by atoms with Gasteiger partial charge in [0.05, 0.1) is 27.5 Å². The predicted octanol–water partition coefficient (Wildman–Crippen LogP) is 5.10. The molecule has 0 spiro atoms. The van der Waals surface area contributed by atoms with Crippen LogP contribution in [0.25, 0.3) is 28.0 Å². The van der Waals surface area contributed by atoms with Gasteiger partial charge in [-0.05, 0) is 49.6 Å². The van der Waals surface area contributed by atoms with Crippen LogP contribution >= 0.6 is 11.6 Å². The fourth-order valence-electron chi connectivity index (χ4n) is 5.44. The number of pyridine rings is 2. The molecule has 9 nitrogen and oxygen atoms in total. The van der Waals surface area contributed by atoms with Gasteiger partial charge in [-0.1, -0.05) is 44.2 Å². The van der Waals surface area contributed by atoms with Crippen LogP contribution in [0.3, 0.4) is 0 Å². The molecule has 0 bridgehead atoms. The van der Waals surface area contributed by atoms with E-state index >= 15 is 4.39 Å². The summed E-state index contributed by atoms with van der Waals surface area (Å²) in [5, 5.41) is 0.421. The van der Waals surface area contributed by atoms with Crippen molar-refractivity contribution < 1.29 is 15.4 Å². The summed E-state index contributed by atoms with van der Waals surface area (Å²) in [6.07, 6.45) is 1.82. The number of benzene rings is 1. The van der Waals surface area contributed by atoms with Crippen LogP contribution in [-0.2, 0) is 4.79 Å². The van der Waals surface area contributed by atoms with Gasteiger partial charge in [0.25, 0.3) is 0 Å². The Kier molecular flexibility index (Phi) is 7.55. The lowest BCUT2D eigenvalue weighted by Crippen LogP contribution is -2.54. The van der Waals surface area contributed by atoms with Gasteiger partial charge in [0.15, 0.2) is 11.9 Å². The molecule has 3 aromatic heterocycles. The van der Waals surface area contributed by atoms with Crippen LogP contribution in [0, 0.1) is 12.7 Å². The maximum Gasteiger partial charge on any atom is 0.355 e. The fourth-order valence-corrected chi connectivity index (χ4v) is 5.68. The lowest BCUT2D eigenvalue weighted by molar-refractivity contribution is -0.126. The zero-order valence-electron chi connectivity index (χ0n) is 24.7. The number of fused-ring (bicyclic) bond motifs is 1. The minimum atomic E-state index is -1.11. The number of carbonyl (C=O) groups excluding carboxylic acids is 2. The average molecular weight is 592 g/mol. The highest BCUT2D eigenvalue weighted by atomic mass is 35.5. The van der Waals surface area contributed by atoms with Gasteiger partial charge in [-0.3, -0.25) is 14.6 Å². The molecule has 42 heavy (non-hydrogen) atoms. The molecule has 4 aromatic rings. The van der Waals surface area contributed by atoms with Crippen molar-refractivity contribution in [3.63, 3.8) is 0 Å². The lowest BCUT2D eigenvalue weighted by atomic mass is 10.0. The average Bonchev–Trinajstić information content (AvgIpc) is 2.96. The number of anilines is 1. The maximum atomic E-state index is 15.3. The second kappa shape index (κ2) is 11.4. The van der Waals surface area contributed by atoms with E-state index in [1.165, 1.54) is 22.8 Å². The number of hydrogen-bond donors (Lipinski definition) is 0. The molecule has 4 heterocycles. The zero-order valence-corrected chi connectivity index (χ0v) is 24.4. The number of aryl methyl sites for hydroxylation is 1. The minimum Gasteiger partial charge on any atom is -0.350 e. The van der Waals surface area contributed by atoms with Gasteiger partial charge in [0, 0.05) is 43.0 Å². The summed E-state index contributed by atoms with van der Waals surface area (Å²) in [5.74, 6) is -0.731. The molecule has 1 amide bonds. The highest BCUT2D eigenvalue weighted by Gasteiger charge is 2.30. The van der Waals surface area contributed by atoms with Crippen LogP contribution in [0.5, 0.6) is 0 Å². The van der Waals surface area contributed by atoms with E-state index in [0.717, 1.165) is 11.6 Å². The van der Waals surface area contributed by atoms with Gasteiger partial charge in [0.1, 0.15) is 13.0 Å². The van der Waals surface area contributed by atoms with Crippen molar-refractivity contribution in [2.45, 2.75) is 39.7 Å². The van der Waals surface area contributed by atoms with Gasteiger partial charge in [0.2, 0.25) is 5.91 Å². The summed E-state index contributed by atoms with van der Waals surface area (Å²) in [6, 6.07) is 6.91. The molecule has 1 atom stereocenters. The Bertz CT molecular complexity index is 1860. The van der Waals surface area contributed by atoms with Crippen LogP contribution in [0.2, 0.25) is 5.02 Å². The van der Waals surface area contributed by atoms with Crippen molar-refractivity contribution >= 4 is 40.6 Å². The van der Waals surface area contributed by atoms with Crippen LogP contribution < -0.4 is 10.6 Å². The van der Waals surface area contributed by atoms with Crippen molar-refractivity contribution in [1.29, 1.82) is 0 Å². The van der Waals surface area contributed by atoms with E-state index in [0.29, 0.717) is 42.2 Å². The first-order valence-corrected chi connectivity index (χ1v) is 13.9. The molecule has 11 heteroatoms. The Morgan fingerprint density at radius 1 is 1.29 bits per heavy atom. The number of rotatable bonds is 6. The van der Waals surface area contributed by atoms with Crippen molar-refractivity contribution in [3.8, 4) is 16.9 Å². The number of carbonyl (C=O) groups is 2. The van der Waals surface area contributed by atoms with Gasteiger partial charge in [-0.25, -0.2) is 18.7 Å². The summed E-state index contributed by atoms with van der Waals surface area (Å²) in [7, 11) is 0. The summed E-state index contributed by atoms with van der Waals surface area (Å²) >= 11 is 6.76. The van der Waals surface area contributed by atoms with E-state index in [1.54, 1.807) is 23.2 Å². The number of hydrogen-bond acceptors (Lipinski definition) is 7. The Morgan fingerprint density at radius 2 is 2.05 bits per heavy atom. The smallest absolute Gasteiger partial charge is 0.350 e. The third-order valence-corrected chi connectivity index (χ3v) is 7.76. The summed E-state index contributed by atoms with van der Waals surface area (Å²) in [5.41, 5.74) is 0.834. The number of piperazine rings is 1. The molecule has 0 saturated carbocycles. The maximum absolute atomic E-state index is 15.3. The second-order valence-electron chi connectivity index (χ2n) is 10.6. The molecule has 1 fully saturated rings. The van der Waals surface area contributed by atoms with Crippen molar-refractivity contribution in [3.05, 3.63) is 87.3 Å². The molecule has 5 rings (SSSR count). The highest BCUT2D eigenvalue weighted by molar-refractivity contribution is 6.34. The Labute approximate surface area is 248 Å². The summed E-state index contributed by atoms with van der Waals surface area (Å²) in [6.45, 7) is 12.4. The molecule has 216 valence electrons. The van der Waals surface area contributed by atoms with Crippen molar-refractivity contribution in [2.75, 3.05) is 24.5 Å². The number of aldehydes is 1.